The molecule has 0 radical (unpaired) electrons. The van der Waals surface area contributed by atoms with Crippen LogP contribution in [0.25, 0.3) is 11.0 Å². The number of nitro benzene ring substituents is 1. The first-order valence-corrected chi connectivity index (χ1v) is 9.28. The van der Waals surface area contributed by atoms with Crippen molar-refractivity contribution in [2.45, 2.75) is 19.3 Å². The third kappa shape index (κ3) is 4.15. The van der Waals surface area contributed by atoms with Gasteiger partial charge in [-0.2, -0.15) is 5.26 Å². The van der Waals surface area contributed by atoms with E-state index in [0.29, 0.717) is 15.5 Å². The molecule has 0 saturated carbocycles. The van der Waals surface area contributed by atoms with Crippen molar-refractivity contribution >= 4 is 39.1 Å². The van der Waals surface area contributed by atoms with Crippen LogP contribution in [0.4, 0.5) is 16.8 Å². The van der Waals surface area contributed by atoms with Crippen LogP contribution in [-0.4, -0.2) is 32.5 Å². The average Bonchev–Trinajstić information content (AvgIpc) is 3.26. The molecule has 0 spiro atoms. The van der Waals surface area contributed by atoms with E-state index in [2.05, 4.69) is 14.9 Å². The number of anilines is 2. The third-order valence-electron chi connectivity index (χ3n) is 4.32. The van der Waals surface area contributed by atoms with Crippen molar-refractivity contribution < 1.29 is 4.92 Å². The van der Waals surface area contributed by atoms with Gasteiger partial charge >= 0.3 is 0 Å². The van der Waals surface area contributed by atoms with Crippen molar-refractivity contribution in [1.29, 1.82) is 5.26 Å². The largest absolute Gasteiger partial charge is 0.375 e. The Morgan fingerprint density at radius 3 is 2.63 bits per heavy atom. The number of aromatic nitrogens is 3. The lowest BCUT2D eigenvalue weighted by Gasteiger charge is -2.27. The van der Waals surface area contributed by atoms with Gasteiger partial charge in [0.15, 0.2) is 5.13 Å². The molecule has 0 unspecified atom stereocenters. The summed E-state index contributed by atoms with van der Waals surface area (Å²) < 4.78 is 2.02. The van der Waals surface area contributed by atoms with E-state index in [1.807, 2.05) is 17.7 Å². The van der Waals surface area contributed by atoms with Crippen LogP contribution < -0.4 is 10.6 Å². The molecule has 1 fully saturated rings. The number of nitrogen functional groups attached to an aromatic ring is 1. The molecule has 3 heterocycles. The summed E-state index contributed by atoms with van der Waals surface area (Å²) in [5.41, 5.74) is 6.93. The molecule has 0 bridgehead atoms. The van der Waals surface area contributed by atoms with Crippen LogP contribution in [0.3, 0.4) is 0 Å². The first kappa shape index (κ1) is 18.6. The Balaban J connectivity index is 0.000000221. The van der Waals surface area contributed by atoms with Crippen LogP contribution in [0.15, 0.2) is 24.4 Å². The second-order valence-corrected chi connectivity index (χ2v) is 7.19. The second-order valence-electron chi connectivity index (χ2n) is 6.12. The van der Waals surface area contributed by atoms with Crippen LogP contribution in [-0.2, 0) is 7.05 Å². The zero-order valence-corrected chi connectivity index (χ0v) is 15.6. The van der Waals surface area contributed by atoms with Crippen LogP contribution in [0, 0.1) is 21.4 Å². The van der Waals surface area contributed by atoms with Crippen LogP contribution in [0.5, 0.6) is 0 Å². The van der Waals surface area contributed by atoms with Gasteiger partial charge in [-0.15, -0.1) is 0 Å². The van der Waals surface area contributed by atoms with Gasteiger partial charge in [-0.25, -0.2) is 9.97 Å². The number of rotatable bonds is 2. The number of benzene rings is 1. The Morgan fingerprint density at radius 2 is 2.07 bits per heavy atom. The number of non-ortho nitro benzene ring substituents is 1. The van der Waals surface area contributed by atoms with Gasteiger partial charge in [-0.1, -0.05) is 11.3 Å². The molecule has 2 aromatic heterocycles. The van der Waals surface area contributed by atoms with E-state index in [4.69, 9.17) is 11.0 Å². The Bertz CT molecular complexity index is 999. The fraction of sp³-hybridized carbons (Fsp3) is 0.353. The van der Waals surface area contributed by atoms with E-state index in [1.54, 1.807) is 12.1 Å². The summed E-state index contributed by atoms with van der Waals surface area (Å²) in [6.07, 6.45) is 5.10. The van der Waals surface area contributed by atoms with Crippen molar-refractivity contribution in [3.8, 4) is 6.07 Å². The molecule has 3 aromatic rings. The predicted molar refractivity (Wildman–Crippen MR) is 105 cm³/mol. The Kier molecular flexibility index (Phi) is 5.52. The fourth-order valence-electron chi connectivity index (χ4n) is 3.01. The van der Waals surface area contributed by atoms with E-state index >= 15 is 0 Å². The Labute approximate surface area is 159 Å². The smallest absolute Gasteiger partial charge is 0.271 e. The van der Waals surface area contributed by atoms with Crippen molar-refractivity contribution in [2.24, 2.45) is 7.05 Å². The zero-order valence-electron chi connectivity index (χ0n) is 14.8. The number of nitriles is 1. The van der Waals surface area contributed by atoms with E-state index in [0.717, 1.165) is 24.6 Å². The molecule has 4 rings (SSSR count). The monoisotopic (exact) mass is 385 g/mol. The van der Waals surface area contributed by atoms with Crippen molar-refractivity contribution in [3.63, 3.8) is 0 Å². The molecular formula is C17H19N7O2S. The van der Waals surface area contributed by atoms with Gasteiger partial charge in [0.25, 0.3) is 5.69 Å². The highest BCUT2D eigenvalue weighted by atomic mass is 32.1. The number of thiazole rings is 1. The number of nitro groups is 1. The van der Waals surface area contributed by atoms with Crippen molar-refractivity contribution in [3.05, 3.63) is 39.4 Å². The topological polar surface area (TPSA) is 127 Å². The van der Waals surface area contributed by atoms with Gasteiger partial charge in [0, 0.05) is 32.3 Å². The molecule has 140 valence electrons. The Morgan fingerprint density at radius 1 is 1.33 bits per heavy atom. The highest BCUT2D eigenvalue weighted by Crippen LogP contribution is 2.26. The summed E-state index contributed by atoms with van der Waals surface area (Å²) in [6.45, 7) is 2.03. The molecular weight excluding hydrogens is 366 g/mol. The first-order chi connectivity index (χ1) is 13.0. The van der Waals surface area contributed by atoms with Gasteiger partial charge in [0.2, 0.25) is 5.95 Å². The lowest BCUT2D eigenvalue weighted by Crippen LogP contribution is -2.31. The third-order valence-corrected chi connectivity index (χ3v) is 5.06. The number of hydrogen-bond acceptors (Lipinski definition) is 8. The number of nitrogens with two attached hydrogens (primary N) is 1. The number of aryl methyl sites for hydroxylation is 1. The first-order valence-electron chi connectivity index (χ1n) is 8.47. The van der Waals surface area contributed by atoms with E-state index in [9.17, 15) is 10.1 Å². The summed E-state index contributed by atoms with van der Waals surface area (Å²) >= 11 is 1.19. The predicted octanol–water partition coefficient (Wildman–Crippen LogP) is 3.07. The SMILES string of the molecule is Cn1c(N2CCCCC2)nc2cc([N+](=O)[O-])ccc21.N#Cc1cnc(N)s1. The molecule has 2 N–H and O–H groups in total. The molecule has 0 atom stereocenters. The van der Waals surface area contributed by atoms with E-state index in [-0.39, 0.29) is 10.6 Å². The summed E-state index contributed by atoms with van der Waals surface area (Å²) in [6, 6.07) is 6.77. The van der Waals surface area contributed by atoms with Crippen molar-refractivity contribution in [2.75, 3.05) is 23.7 Å². The molecule has 10 heteroatoms. The maximum Gasteiger partial charge on any atom is 0.271 e. The van der Waals surface area contributed by atoms with Crippen LogP contribution >= 0.6 is 11.3 Å². The minimum Gasteiger partial charge on any atom is -0.375 e. The highest BCUT2D eigenvalue weighted by Gasteiger charge is 2.18. The maximum absolute atomic E-state index is 10.8. The zero-order chi connectivity index (χ0) is 19.4. The summed E-state index contributed by atoms with van der Waals surface area (Å²) in [5.74, 6) is 0.912. The van der Waals surface area contributed by atoms with Gasteiger partial charge in [-0.05, 0) is 25.3 Å². The lowest BCUT2D eigenvalue weighted by atomic mass is 10.1. The number of fused-ring (bicyclic) bond motifs is 1. The molecule has 9 nitrogen and oxygen atoms in total. The maximum atomic E-state index is 10.8. The minimum absolute atomic E-state index is 0.0933. The number of hydrogen-bond donors (Lipinski definition) is 1. The molecule has 1 aliphatic rings. The molecule has 1 aliphatic heterocycles. The molecule has 1 saturated heterocycles. The number of imidazole rings is 1. The quantitative estimate of drug-likeness (QED) is 0.530. The molecule has 0 aliphatic carbocycles. The molecule has 1 aromatic carbocycles. The summed E-state index contributed by atoms with van der Waals surface area (Å²) in [7, 11) is 1.96. The lowest BCUT2D eigenvalue weighted by molar-refractivity contribution is -0.384. The van der Waals surface area contributed by atoms with Gasteiger partial charge in [0.05, 0.1) is 22.2 Å². The summed E-state index contributed by atoms with van der Waals surface area (Å²) in [5, 5.41) is 19.5. The highest BCUT2D eigenvalue weighted by molar-refractivity contribution is 7.15. The standard InChI is InChI=1S/C13H16N4O2.C4H3N3S/c1-15-12-6-5-10(17(18)19)9-11(12)14-13(15)16-7-3-2-4-8-16;5-1-3-2-7-4(6)8-3/h5-6,9H,2-4,7-8H2,1H3;2H,(H2,6,7). The van der Waals surface area contributed by atoms with Crippen LogP contribution in [0.1, 0.15) is 24.1 Å². The number of piperidine rings is 1. The van der Waals surface area contributed by atoms with Gasteiger partial charge in [0.1, 0.15) is 10.9 Å². The number of nitrogens with zero attached hydrogens (tertiary/aromatic N) is 6. The van der Waals surface area contributed by atoms with E-state index in [1.165, 1.54) is 42.9 Å². The Hall–Kier alpha value is -3.19. The second kappa shape index (κ2) is 8.01. The molecule has 0 amide bonds. The average molecular weight is 385 g/mol. The van der Waals surface area contributed by atoms with E-state index < -0.39 is 0 Å². The molecule has 27 heavy (non-hydrogen) atoms. The van der Waals surface area contributed by atoms with Gasteiger partial charge < -0.3 is 15.2 Å². The van der Waals surface area contributed by atoms with Crippen LogP contribution in [0.2, 0.25) is 0 Å². The summed E-state index contributed by atoms with van der Waals surface area (Å²) in [4.78, 5) is 21.5. The van der Waals surface area contributed by atoms with Gasteiger partial charge in [-0.3, -0.25) is 10.1 Å². The normalized spacial score (nSPS) is 13.7. The van der Waals surface area contributed by atoms with Crippen molar-refractivity contribution in [1.82, 2.24) is 14.5 Å². The minimum atomic E-state index is -0.380. The fourth-order valence-corrected chi connectivity index (χ4v) is 3.49.